The summed E-state index contributed by atoms with van der Waals surface area (Å²) in [7, 11) is 4.09. The topological polar surface area (TPSA) is 64.6 Å². The zero-order valence-electron chi connectivity index (χ0n) is 14.2. The molecule has 1 fully saturated rings. The standard InChI is InChI=1S/C16H28N6O/c1-20(2)9-4-8-17-15(23)5-10-21-11-13-22(14-12-21)16-18-6-3-7-19-16/h3,6-7H,4-5,8-14H2,1-2H3,(H,17,23). The number of hydrogen-bond donors (Lipinski definition) is 1. The van der Waals surface area contributed by atoms with Gasteiger partial charge in [-0.05, 0) is 33.1 Å². The molecule has 0 radical (unpaired) electrons. The Hall–Kier alpha value is -1.73. The zero-order valence-corrected chi connectivity index (χ0v) is 14.2. The average molecular weight is 320 g/mol. The third-order valence-corrected chi connectivity index (χ3v) is 3.97. The molecule has 0 aromatic carbocycles. The Balaban J connectivity index is 1.58. The Bertz CT molecular complexity index is 459. The Morgan fingerprint density at radius 1 is 1.22 bits per heavy atom. The summed E-state index contributed by atoms with van der Waals surface area (Å²) in [4.78, 5) is 27.1. The summed E-state index contributed by atoms with van der Waals surface area (Å²) in [5, 5.41) is 2.99. The number of carbonyl (C=O) groups is 1. The zero-order chi connectivity index (χ0) is 16.5. The van der Waals surface area contributed by atoms with Crippen LogP contribution >= 0.6 is 0 Å². The first-order valence-corrected chi connectivity index (χ1v) is 8.31. The highest BCUT2D eigenvalue weighted by molar-refractivity contribution is 5.76. The molecule has 0 aliphatic carbocycles. The third kappa shape index (κ3) is 6.50. The summed E-state index contributed by atoms with van der Waals surface area (Å²) in [5.74, 6) is 0.948. The van der Waals surface area contributed by atoms with Gasteiger partial charge in [0.15, 0.2) is 0 Å². The van der Waals surface area contributed by atoms with E-state index in [2.05, 4.69) is 30.0 Å². The van der Waals surface area contributed by atoms with Crippen LogP contribution in [-0.4, -0.2) is 85.6 Å². The van der Waals surface area contributed by atoms with Crippen molar-refractivity contribution in [3.63, 3.8) is 0 Å². The first-order valence-electron chi connectivity index (χ1n) is 8.31. The van der Waals surface area contributed by atoms with Crippen molar-refractivity contribution in [1.29, 1.82) is 0 Å². The predicted octanol–water partition coefficient (Wildman–Crippen LogP) is 0.0566. The molecule has 1 saturated heterocycles. The van der Waals surface area contributed by atoms with Crippen molar-refractivity contribution in [2.24, 2.45) is 0 Å². The van der Waals surface area contributed by atoms with Crippen LogP contribution in [-0.2, 0) is 4.79 Å². The number of rotatable bonds is 8. The molecule has 0 spiro atoms. The van der Waals surface area contributed by atoms with E-state index in [4.69, 9.17) is 0 Å². The van der Waals surface area contributed by atoms with Crippen molar-refractivity contribution in [1.82, 2.24) is 25.1 Å². The summed E-state index contributed by atoms with van der Waals surface area (Å²) < 4.78 is 0. The number of aromatic nitrogens is 2. The van der Waals surface area contributed by atoms with E-state index in [1.165, 1.54) is 0 Å². The van der Waals surface area contributed by atoms with E-state index in [1.54, 1.807) is 12.4 Å². The van der Waals surface area contributed by atoms with Crippen LogP contribution < -0.4 is 10.2 Å². The highest BCUT2D eigenvalue weighted by Gasteiger charge is 2.18. The van der Waals surface area contributed by atoms with Crippen LogP contribution in [0.3, 0.4) is 0 Å². The van der Waals surface area contributed by atoms with Crippen molar-refractivity contribution in [3.8, 4) is 0 Å². The molecule has 7 nitrogen and oxygen atoms in total. The minimum Gasteiger partial charge on any atom is -0.356 e. The molecular formula is C16H28N6O. The predicted molar refractivity (Wildman–Crippen MR) is 91.5 cm³/mol. The Kier molecular flexibility index (Phi) is 7.22. The molecule has 1 aromatic heterocycles. The maximum absolute atomic E-state index is 11.8. The van der Waals surface area contributed by atoms with Gasteiger partial charge in [-0.1, -0.05) is 0 Å². The number of hydrogen-bond acceptors (Lipinski definition) is 6. The van der Waals surface area contributed by atoms with E-state index in [0.29, 0.717) is 6.42 Å². The Labute approximate surface area is 138 Å². The van der Waals surface area contributed by atoms with Gasteiger partial charge in [-0.15, -0.1) is 0 Å². The number of anilines is 1. The average Bonchev–Trinajstić information content (AvgIpc) is 2.58. The monoisotopic (exact) mass is 320 g/mol. The van der Waals surface area contributed by atoms with Gasteiger partial charge in [-0.3, -0.25) is 9.69 Å². The molecule has 0 unspecified atom stereocenters. The van der Waals surface area contributed by atoms with Crippen LogP contribution in [0.15, 0.2) is 18.5 Å². The molecule has 0 atom stereocenters. The van der Waals surface area contributed by atoms with Gasteiger partial charge >= 0.3 is 0 Å². The maximum Gasteiger partial charge on any atom is 0.225 e. The minimum absolute atomic E-state index is 0.151. The van der Waals surface area contributed by atoms with E-state index >= 15 is 0 Å². The van der Waals surface area contributed by atoms with Crippen LogP contribution in [0.4, 0.5) is 5.95 Å². The minimum atomic E-state index is 0.151. The first-order chi connectivity index (χ1) is 11.1. The van der Waals surface area contributed by atoms with Gasteiger partial charge in [0.25, 0.3) is 0 Å². The number of carbonyl (C=O) groups excluding carboxylic acids is 1. The molecule has 0 bridgehead atoms. The summed E-state index contributed by atoms with van der Waals surface area (Å²) in [6.07, 6.45) is 5.11. The van der Waals surface area contributed by atoms with Gasteiger partial charge in [0.05, 0.1) is 0 Å². The molecular weight excluding hydrogens is 292 g/mol. The van der Waals surface area contributed by atoms with Crippen molar-refractivity contribution in [2.75, 3.05) is 64.8 Å². The quantitative estimate of drug-likeness (QED) is 0.683. The fourth-order valence-electron chi connectivity index (χ4n) is 2.60. The smallest absolute Gasteiger partial charge is 0.225 e. The van der Waals surface area contributed by atoms with Gasteiger partial charge in [0, 0.05) is 58.1 Å². The number of nitrogens with one attached hydrogen (secondary N) is 1. The first kappa shape index (κ1) is 17.6. The summed E-state index contributed by atoms with van der Waals surface area (Å²) in [5.41, 5.74) is 0. The van der Waals surface area contributed by atoms with Gasteiger partial charge in [0.2, 0.25) is 11.9 Å². The van der Waals surface area contributed by atoms with Gasteiger partial charge in [-0.2, -0.15) is 0 Å². The van der Waals surface area contributed by atoms with E-state index in [-0.39, 0.29) is 5.91 Å². The lowest BCUT2D eigenvalue weighted by Gasteiger charge is -2.34. The van der Waals surface area contributed by atoms with Crippen molar-refractivity contribution >= 4 is 11.9 Å². The molecule has 1 amide bonds. The fraction of sp³-hybridized carbons (Fsp3) is 0.688. The summed E-state index contributed by atoms with van der Waals surface area (Å²) in [6.45, 7) is 6.31. The van der Waals surface area contributed by atoms with E-state index in [0.717, 1.165) is 58.2 Å². The van der Waals surface area contributed by atoms with Crippen LogP contribution in [0.1, 0.15) is 12.8 Å². The van der Waals surface area contributed by atoms with Crippen LogP contribution in [0.25, 0.3) is 0 Å². The molecule has 23 heavy (non-hydrogen) atoms. The van der Waals surface area contributed by atoms with E-state index in [9.17, 15) is 4.79 Å². The van der Waals surface area contributed by atoms with Gasteiger partial charge in [0.1, 0.15) is 0 Å². The molecule has 1 aromatic rings. The highest BCUT2D eigenvalue weighted by Crippen LogP contribution is 2.09. The van der Waals surface area contributed by atoms with Gasteiger partial charge < -0.3 is 15.1 Å². The molecule has 1 aliphatic heterocycles. The number of amides is 1. The van der Waals surface area contributed by atoms with Crippen LogP contribution in [0.2, 0.25) is 0 Å². The molecule has 0 saturated carbocycles. The SMILES string of the molecule is CN(C)CCCNC(=O)CCN1CCN(c2ncccn2)CC1. The lowest BCUT2D eigenvalue weighted by atomic mass is 10.3. The third-order valence-electron chi connectivity index (χ3n) is 3.97. The molecule has 128 valence electrons. The number of piperazine rings is 1. The molecule has 1 aliphatic rings. The van der Waals surface area contributed by atoms with E-state index in [1.807, 2.05) is 20.2 Å². The second-order valence-corrected chi connectivity index (χ2v) is 6.13. The highest BCUT2D eigenvalue weighted by atomic mass is 16.1. The second kappa shape index (κ2) is 9.42. The largest absolute Gasteiger partial charge is 0.356 e. The molecule has 2 heterocycles. The Morgan fingerprint density at radius 2 is 1.91 bits per heavy atom. The number of nitrogens with zero attached hydrogens (tertiary/aromatic N) is 5. The summed E-state index contributed by atoms with van der Waals surface area (Å²) in [6, 6.07) is 1.83. The summed E-state index contributed by atoms with van der Waals surface area (Å²) >= 11 is 0. The second-order valence-electron chi connectivity index (χ2n) is 6.13. The fourth-order valence-corrected chi connectivity index (χ4v) is 2.60. The van der Waals surface area contributed by atoms with Gasteiger partial charge in [-0.25, -0.2) is 9.97 Å². The van der Waals surface area contributed by atoms with Crippen LogP contribution in [0.5, 0.6) is 0 Å². The normalized spacial score (nSPS) is 15.9. The maximum atomic E-state index is 11.8. The lowest BCUT2D eigenvalue weighted by molar-refractivity contribution is -0.121. The van der Waals surface area contributed by atoms with Crippen molar-refractivity contribution < 1.29 is 4.79 Å². The molecule has 2 rings (SSSR count). The van der Waals surface area contributed by atoms with E-state index < -0.39 is 0 Å². The van der Waals surface area contributed by atoms with Crippen LogP contribution in [0, 0.1) is 0 Å². The Morgan fingerprint density at radius 3 is 2.57 bits per heavy atom. The lowest BCUT2D eigenvalue weighted by Crippen LogP contribution is -2.47. The van der Waals surface area contributed by atoms with Crippen molar-refractivity contribution in [3.05, 3.63) is 18.5 Å². The van der Waals surface area contributed by atoms with Crippen molar-refractivity contribution in [2.45, 2.75) is 12.8 Å². The molecule has 7 heteroatoms. The molecule has 1 N–H and O–H groups in total.